The summed E-state index contributed by atoms with van der Waals surface area (Å²) in [5, 5.41) is 0.566. The van der Waals surface area contributed by atoms with Gasteiger partial charge in [-0.1, -0.05) is 30.7 Å². The summed E-state index contributed by atoms with van der Waals surface area (Å²) < 4.78 is 0. The van der Waals surface area contributed by atoms with E-state index >= 15 is 0 Å². The Morgan fingerprint density at radius 2 is 2.20 bits per heavy atom. The second-order valence-electron chi connectivity index (χ2n) is 3.87. The molecule has 82 valence electrons. The molecule has 0 aliphatic carbocycles. The number of benzene rings is 1. The van der Waals surface area contributed by atoms with Crippen molar-refractivity contribution in [1.29, 1.82) is 0 Å². The van der Waals surface area contributed by atoms with E-state index in [1.54, 1.807) is 6.07 Å². The highest BCUT2D eigenvalue weighted by Crippen LogP contribution is 2.22. The molecule has 0 spiro atoms. The fourth-order valence-electron chi connectivity index (χ4n) is 1.47. The van der Waals surface area contributed by atoms with Crippen LogP contribution in [-0.2, 0) is 0 Å². The van der Waals surface area contributed by atoms with E-state index in [-0.39, 0.29) is 5.78 Å². The summed E-state index contributed by atoms with van der Waals surface area (Å²) in [5.41, 5.74) is 2.12. The highest BCUT2D eigenvalue weighted by Gasteiger charge is 2.13. The fraction of sp³-hybridized carbons (Fsp3) is 0.417. The minimum Gasteiger partial charge on any atom is -0.294 e. The summed E-state index contributed by atoms with van der Waals surface area (Å²) >= 11 is 6.01. The molecule has 1 aromatic rings. The van der Waals surface area contributed by atoms with Gasteiger partial charge in [0, 0.05) is 12.0 Å². The molecular weight excluding hydrogens is 227 g/mol. The molecule has 2 atom stereocenters. The van der Waals surface area contributed by atoms with Crippen LogP contribution in [0.3, 0.4) is 0 Å². The lowest BCUT2D eigenvalue weighted by molar-refractivity contribution is 0.0979. The maximum absolute atomic E-state index is 11.9. The van der Waals surface area contributed by atoms with Crippen LogP contribution in [0, 0.1) is 6.92 Å². The molecule has 0 bridgehead atoms. The van der Waals surface area contributed by atoms with Gasteiger partial charge in [0.1, 0.15) is 0 Å². The molecule has 0 saturated carbocycles. The van der Waals surface area contributed by atoms with Gasteiger partial charge in [-0.2, -0.15) is 0 Å². The average Bonchev–Trinajstić information content (AvgIpc) is 2.14. The van der Waals surface area contributed by atoms with E-state index in [9.17, 15) is 4.79 Å². The van der Waals surface area contributed by atoms with Gasteiger partial charge in [-0.05, 0) is 30.6 Å². The van der Waals surface area contributed by atoms with Gasteiger partial charge in [0.15, 0.2) is 5.78 Å². The summed E-state index contributed by atoms with van der Waals surface area (Å²) in [5.74, 6) is 0.146. The lowest BCUT2D eigenvalue weighted by Crippen LogP contribution is -2.05. The maximum Gasteiger partial charge on any atom is 0.164 e. The molecule has 0 N–H and O–H groups in total. The van der Waals surface area contributed by atoms with Gasteiger partial charge in [-0.25, -0.2) is 0 Å². The Hall–Kier alpha value is -0.390. The molecule has 15 heavy (non-hydrogen) atoms. The molecule has 0 aliphatic rings. The SMILES string of the molecule is Cc1cccc(Cl)c1C(=O)CCC(C)P. The molecule has 0 fully saturated rings. The van der Waals surface area contributed by atoms with E-state index in [1.165, 1.54) is 0 Å². The Bertz CT molecular complexity index is 340. The first-order valence-corrected chi connectivity index (χ1v) is 6.10. The zero-order valence-corrected chi connectivity index (χ0v) is 11.0. The molecule has 3 heteroatoms. The molecule has 0 amide bonds. The number of halogens is 1. The van der Waals surface area contributed by atoms with Crippen LogP contribution >= 0.6 is 20.8 Å². The van der Waals surface area contributed by atoms with Gasteiger partial charge >= 0.3 is 0 Å². The van der Waals surface area contributed by atoms with Crippen LogP contribution < -0.4 is 0 Å². The van der Waals surface area contributed by atoms with Crippen molar-refractivity contribution in [2.24, 2.45) is 0 Å². The Balaban J connectivity index is 2.82. The second kappa shape index (κ2) is 5.63. The predicted molar refractivity (Wildman–Crippen MR) is 68.9 cm³/mol. The van der Waals surface area contributed by atoms with Crippen molar-refractivity contribution in [3.8, 4) is 0 Å². The topological polar surface area (TPSA) is 17.1 Å². The number of carbonyl (C=O) groups is 1. The summed E-state index contributed by atoms with van der Waals surface area (Å²) in [6.07, 6.45) is 1.45. The van der Waals surface area contributed by atoms with Crippen molar-refractivity contribution in [2.75, 3.05) is 0 Å². The average molecular weight is 243 g/mol. The first-order chi connectivity index (χ1) is 7.02. The maximum atomic E-state index is 11.9. The lowest BCUT2D eigenvalue weighted by atomic mass is 10.0. The number of rotatable bonds is 4. The van der Waals surface area contributed by atoms with Gasteiger partial charge in [0.2, 0.25) is 0 Å². The van der Waals surface area contributed by atoms with Crippen LogP contribution in [0.5, 0.6) is 0 Å². The van der Waals surface area contributed by atoms with E-state index in [0.717, 1.165) is 12.0 Å². The van der Waals surface area contributed by atoms with E-state index < -0.39 is 0 Å². The van der Waals surface area contributed by atoms with Gasteiger partial charge in [-0.15, -0.1) is 9.24 Å². The highest BCUT2D eigenvalue weighted by molar-refractivity contribution is 7.17. The number of ketones is 1. The minimum absolute atomic E-state index is 0.146. The van der Waals surface area contributed by atoms with Gasteiger partial charge < -0.3 is 0 Å². The van der Waals surface area contributed by atoms with Gasteiger partial charge in [-0.3, -0.25) is 4.79 Å². The number of hydrogen-bond donors (Lipinski definition) is 0. The molecule has 0 radical (unpaired) electrons. The minimum atomic E-state index is 0.146. The van der Waals surface area contributed by atoms with Gasteiger partial charge in [0.05, 0.1) is 5.02 Å². The molecule has 0 saturated heterocycles. The van der Waals surface area contributed by atoms with Crippen molar-refractivity contribution in [3.05, 3.63) is 34.3 Å². The largest absolute Gasteiger partial charge is 0.294 e. The van der Waals surface area contributed by atoms with Crippen LogP contribution in [0.25, 0.3) is 0 Å². The molecule has 1 aromatic carbocycles. The third-order valence-electron chi connectivity index (χ3n) is 2.33. The van der Waals surface area contributed by atoms with Crippen molar-refractivity contribution in [3.63, 3.8) is 0 Å². The molecular formula is C12H16ClOP. The summed E-state index contributed by atoms with van der Waals surface area (Å²) in [6.45, 7) is 4.00. The second-order valence-corrected chi connectivity index (χ2v) is 5.42. The monoisotopic (exact) mass is 242 g/mol. The van der Waals surface area contributed by atoms with Crippen molar-refractivity contribution < 1.29 is 4.79 Å². The van der Waals surface area contributed by atoms with Crippen LogP contribution in [0.2, 0.25) is 5.02 Å². The number of Topliss-reactive ketones (excluding diaryl/α,β-unsaturated/α-hetero) is 1. The summed E-state index contributed by atoms with van der Waals surface area (Å²) in [6, 6.07) is 5.56. The van der Waals surface area contributed by atoms with E-state index in [2.05, 4.69) is 16.2 Å². The zero-order valence-electron chi connectivity index (χ0n) is 9.09. The van der Waals surface area contributed by atoms with E-state index in [1.807, 2.05) is 19.1 Å². The Morgan fingerprint density at radius 1 is 1.53 bits per heavy atom. The molecule has 0 heterocycles. The molecule has 1 rings (SSSR count). The first-order valence-electron chi connectivity index (χ1n) is 5.06. The van der Waals surface area contributed by atoms with Crippen molar-refractivity contribution >= 4 is 26.6 Å². The third-order valence-corrected chi connectivity index (χ3v) is 2.98. The number of hydrogen-bond acceptors (Lipinski definition) is 1. The lowest BCUT2D eigenvalue weighted by Gasteiger charge is -2.08. The third kappa shape index (κ3) is 3.59. The van der Waals surface area contributed by atoms with Crippen molar-refractivity contribution in [2.45, 2.75) is 32.3 Å². The first kappa shape index (κ1) is 12.7. The van der Waals surface area contributed by atoms with Crippen LogP contribution in [0.4, 0.5) is 0 Å². The Morgan fingerprint density at radius 3 is 2.73 bits per heavy atom. The van der Waals surface area contributed by atoms with Crippen LogP contribution in [0.15, 0.2) is 18.2 Å². The zero-order chi connectivity index (χ0) is 11.4. The normalized spacial score (nSPS) is 12.5. The molecule has 0 aromatic heterocycles. The number of aryl methyl sites for hydroxylation is 1. The molecule has 1 nitrogen and oxygen atoms in total. The summed E-state index contributed by atoms with van der Waals surface area (Å²) in [7, 11) is 2.70. The smallest absolute Gasteiger partial charge is 0.164 e. The van der Waals surface area contributed by atoms with Crippen molar-refractivity contribution in [1.82, 2.24) is 0 Å². The Labute approximate surface area is 98.4 Å². The van der Waals surface area contributed by atoms with Crippen LogP contribution in [-0.4, -0.2) is 11.4 Å². The van der Waals surface area contributed by atoms with Gasteiger partial charge in [0.25, 0.3) is 0 Å². The number of carbonyl (C=O) groups excluding carboxylic acids is 1. The van der Waals surface area contributed by atoms with E-state index in [4.69, 9.17) is 11.6 Å². The highest BCUT2D eigenvalue weighted by atomic mass is 35.5. The van der Waals surface area contributed by atoms with Crippen LogP contribution in [0.1, 0.15) is 35.7 Å². The standard InChI is InChI=1S/C12H16ClOP/c1-8-4-3-5-10(13)12(8)11(14)7-6-9(2)15/h3-5,9H,6-7,15H2,1-2H3. The summed E-state index contributed by atoms with van der Waals surface area (Å²) in [4.78, 5) is 11.9. The quantitative estimate of drug-likeness (QED) is 0.579. The fourth-order valence-corrected chi connectivity index (χ4v) is 1.96. The van der Waals surface area contributed by atoms with E-state index in [0.29, 0.717) is 22.7 Å². The molecule has 2 unspecified atom stereocenters. The molecule has 0 aliphatic heterocycles. The Kier molecular flexibility index (Phi) is 4.76. The predicted octanol–water partition coefficient (Wildman–Crippen LogP) is 3.87.